The molecule has 0 fully saturated rings. The highest BCUT2D eigenvalue weighted by Crippen LogP contribution is 2.21. The summed E-state index contributed by atoms with van der Waals surface area (Å²) < 4.78 is 12.3. The predicted octanol–water partition coefficient (Wildman–Crippen LogP) is 2.59. The molecule has 0 bridgehead atoms. The molecule has 19 heavy (non-hydrogen) atoms. The summed E-state index contributed by atoms with van der Waals surface area (Å²) in [5.41, 5.74) is 1.92. The van der Waals surface area contributed by atoms with E-state index in [9.17, 15) is 0 Å². The summed E-state index contributed by atoms with van der Waals surface area (Å²) in [5.74, 6) is 1.62. The molecule has 0 saturated heterocycles. The minimum absolute atomic E-state index is 0.655. The van der Waals surface area contributed by atoms with Gasteiger partial charge in [0, 0.05) is 31.6 Å². The number of benzene rings is 1. The molecule has 0 amide bonds. The van der Waals surface area contributed by atoms with Gasteiger partial charge in [-0.25, -0.2) is 4.98 Å². The van der Waals surface area contributed by atoms with Crippen molar-refractivity contribution < 1.29 is 9.47 Å². The van der Waals surface area contributed by atoms with E-state index in [2.05, 4.69) is 10.3 Å². The van der Waals surface area contributed by atoms with Gasteiger partial charge in [0.15, 0.2) is 0 Å². The first kappa shape index (κ1) is 13.4. The van der Waals surface area contributed by atoms with Gasteiger partial charge >= 0.3 is 0 Å². The number of anilines is 2. The van der Waals surface area contributed by atoms with Crippen molar-refractivity contribution in [2.24, 2.45) is 0 Å². The Morgan fingerprint density at radius 1 is 1.32 bits per heavy atom. The van der Waals surface area contributed by atoms with Gasteiger partial charge in [-0.05, 0) is 19.1 Å². The summed E-state index contributed by atoms with van der Waals surface area (Å²) in [6, 6.07) is 7.77. The van der Waals surface area contributed by atoms with Gasteiger partial charge in [-0.2, -0.15) is 0 Å². The zero-order valence-corrected chi connectivity index (χ0v) is 11.5. The molecule has 2 rings (SSSR count). The van der Waals surface area contributed by atoms with Gasteiger partial charge in [0.05, 0.1) is 19.4 Å². The third-order valence-electron chi connectivity index (χ3n) is 2.76. The molecule has 0 atom stereocenters. The predicted molar refractivity (Wildman–Crippen MR) is 75.1 cm³/mol. The second-order valence-corrected chi connectivity index (χ2v) is 4.25. The van der Waals surface area contributed by atoms with E-state index in [4.69, 9.17) is 9.47 Å². The maximum absolute atomic E-state index is 5.21. The minimum Gasteiger partial charge on any atom is -0.497 e. The van der Waals surface area contributed by atoms with Crippen molar-refractivity contribution in [1.82, 2.24) is 9.55 Å². The summed E-state index contributed by atoms with van der Waals surface area (Å²) >= 11 is 0. The van der Waals surface area contributed by atoms with Gasteiger partial charge in [0.1, 0.15) is 5.75 Å². The van der Waals surface area contributed by atoms with Crippen LogP contribution < -0.4 is 10.1 Å². The molecule has 5 nitrogen and oxygen atoms in total. The average molecular weight is 261 g/mol. The Labute approximate surface area is 113 Å². The van der Waals surface area contributed by atoms with Crippen LogP contribution in [0.3, 0.4) is 0 Å². The van der Waals surface area contributed by atoms with Gasteiger partial charge in [-0.3, -0.25) is 0 Å². The maximum atomic E-state index is 5.21. The molecule has 1 heterocycles. The molecular weight excluding hydrogens is 242 g/mol. The number of ether oxygens (including phenoxy) is 2. The Morgan fingerprint density at radius 2 is 2.16 bits per heavy atom. The number of hydrogen-bond donors (Lipinski definition) is 1. The van der Waals surface area contributed by atoms with Crippen molar-refractivity contribution in [3.05, 3.63) is 36.2 Å². The van der Waals surface area contributed by atoms with E-state index in [0.29, 0.717) is 6.61 Å². The highest BCUT2D eigenvalue weighted by Gasteiger charge is 2.06. The van der Waals surface area contributed by atoms with Crippen LogP contribution in [0.2, 0.25) is 0 Å². The first-order valence-corrected chi connectivity index (χ1v) is 6.16. The lowest BCUT2D eigenvalue weighted by Crippen LogP contribution is -2.07. The summed E-state index contributed by atoms with van der Waals surface area (Å²) in [6.45, 7) is 3.40. The fraction of sp³-hybridized carbons (Fsp3) is 0.357. The summed E-state index contributed by atoms with van der Waals surface area (Å²) in [5, 5.41) is 3.29. The highest BCUT2D eigenvalue weighted by molar-refractivity contribution is 5.56. The molecule has 5 heteroatoms. The standard InChI is InChI=1S/C14H19N3O2/c1-11-10-17(7-8-18-2)14(15-11)16-12-5-4-6-13(9-12)19-3/h4-6,9-10H,7-8H2,1-3H3,(H,15,16). The topological polar surface area (TPSA) is 48.3 Å². The summed E-state index contributed by atoms with van der Waals surface area (Å²) in [4.78, 5) is 4.47. The SMILES string of the molecule is COCCn1cc(C)nc1Nc1cccc(OC)c1. The van der Waals surface area contributed by atoms with E-state index in [1.54, 1.807) is 14.2 Å². The molecule has 1 aromatic carbocycles. The molecule has 0 aliphatic heterocycles. The van der Waals surface area contributed by atoms with Crippen LogP contribution in [-0.2, 0) is 11.3 Å². The average Bonchev–Trinajstić information content (AvgIpc) is 2.76. The smallest absolute Gasteiger partial charge is 0.207 e. The highest BCUT2D eigenvalue weighted by atomic mass is 16.5. The molecule has 0 unspecified atom stereocenters. The van der Waals surface area contributed by atoms with Crippen molar-refractivity contribution in [1.29, 1.82) is 0 Å². The monoisotopic (exact) mass is 261 g/mol. The van der Waals surface area contributed by atoms with Gasteiger partial charge in [0.25, 0.3) is 0 Å². The van der Waals surface area contributed by atoms with Gasteiger partial charge < -0.3 is 19.4 Å². The van der Waals surface area contributed by atoms with Gasteiger partial charge in [-0.1, -0.05) is 6.07 Å². The van der Waals surface area contributed by atoms with Gasteiger partial charge in [0.2, 0.25) is 5.95 Å². The van der Waals surface area contributed by atoms with Crippen LogP contribution in [0.25, 0.3) is 0 Å². The lowest BCUT2D eigenvalue weighted by molar-refractivity contribution is 0.188. The number of aryl methyl sites for hydroxylation is 1. The zero-order chi connectivity index (χ0) is 13.7. The van der Waals surface area contributed by atoms with E-state index >= 15 is 0 Å². The Kier molecular flexibility index (Phi) is 4.41. The van der Waals surface area contributed by atoms with E-state index < -0.39 is 0 Å². The third-order valence-corrected chi connectivity index (χ3v) is 2.76. The lowest BCUT2D eigenvalue weighted by Gasteiger charge is -2.10. The van der Waals surface area contributed by atoms with E-state index in [1.165, 1.54) is 0 Å². The van der Waals surface area contributed by atoms with Crippen molar-refractivity contribution in [3.8, 4) is 5.75 Å². The number of imidazole rings is 1. The Hall–Kier alpha value is -2.01. The molecule has 1 aromatic heterocycles. The molecule has 102 valence electrons. The molecule has 0 saturated carbocycles. The first-order chi connectivity index (χ1) is 9.22. The van der Waals surface area contributed by atoms with Crippen molar-refractivity contribution in [3.63, 3.8) is 0 Å². The molecule has 0 aliphatic carbocycles. The van der Waals surface area contributed by atoms with Crippen molar-refractivity contribution >= 4 is 11.6 Å². The lowest BCUT2D eigenvalue weighted by atomic mass is 10.3. The fourth-order valence-corrected chi connectivity index (χ4v) is 1.84. The molecular formula is C14H19N3O2. The third kappa shape index (κ3) is 3.48. The number of methoxy groups -OCH3 is 2. The number of rotatable bonds is 6. The first-order valence-electron chi connectivity index (χ1n) is 6.16. The van der Waals surface area contributed by atoms with Crippen LogP contribution in [0.5, 0.6) is 5.75 Å². The van der Waals surface area contributed by atoms with Crippen LogP contribution in [0.15, 0.2) is 30.5 Å². The normalized spacial score (nSPS) is 10.5. The summed E-state index contributed by atoms with van der Waals surface area (Å²) in [6.07, 6.45) is 2.00. The zero-order valence-electron chi connectivity index (χ0n) is 11.5. The van der Waals surface area contributed by atoms with Crippen LogP contribution in [0.1, 0.15) is 5.69 Å². The van der Waals surface area contributed by atoms with E-state index in [0.717, 1.165) is 29.6 Å². The van der Waals surface area contributed by atoms with Crippen LogP contribution in [0, 0.1) is 6.92 Å². The van der Waals surface area contributed by atoms with Crippen LogP contribution >= 0.6 is 0 Å². The number of hydrogen-bond acceptors (Lipinski definition) is 4. The molecule has 2 aromatic rings. The quantitative estimate of drug-likeness (QED) is 0.868. The minimum atomic E-state index is 0.655. The van der Waals surface area contributed by atoms with E-state index in [1.807, 2.05) is 42.0 Å². The Bertz CT molecular complexity index is 537. The largest absolute Gasteiger partial charge is 0.497 e. The van der Waals surface area contributed by atoms with Gasteiger partial charge in [-0.15, -0.1) is 0 Å². The van der Waals surface area contributed by atoms with Crippen LogP contribution in [0.4, 0.5) is 11.6 Å². The number of aromatic nitrogens is 2. The Morgan fingerprint density at radius 3 is 2.89 bits per heavy atom. The fourth-order valence-electron chi connectivity index (χ4n) is 1.84. The maximum Gasteiger partial charge on any atom is 0.207 e. The van der Waals surface area contributed by atoms with Crippen LogP contribution in [-0.4, -0.2) is 30.4 Å². The molecule has 1 N–H and O–H groups in total. The second kappa shape index (κ2) is 6.24. The van der Waals surface area contributed by atoms with E-state index in [-0.39, 0.29) is 0 Å². The molecule has 0 spiro atoms. The van der Waals surface area contributed by atoms with Crippen molar-refractivity contribution in [2.75, 3.05) is 26.1 Å². The Balaban J connectivity index is 2.17. The molecule has 0 radical (unpaired) electrons. The number of nitrogens with zero attached hydrogens (tertiary/aromatic N) is 2. The second-order valence-electron chi connectivity index (χ2n) is 4.25. The summed E-state index contributed by atoms with van der Waals surface area (Å²) in [7, 11) is 3.35. The van der Waals surface area contributed by atoms with Crippen molar-refractivity contribution in [2.45, 2.75) is 13.5 Å². The molecule has 0 aliphatic rings. The number of nitrogens with one attached hydrogen (secondary N) is 1.